The van der Waals surface area contributed by atoms with E-state index in [1.807, 2.05) is 0 Å². The molecule has 1 aromatic heterocycles. The average Bonchev–Trinajstić information content (AvgIpc) is 3.01. The number of hydrogen-bond acceptors (Lipinski definition) is 5. The highest BCUT2D eigenvalue weighted by atomic mass is 32.2. The summed E-state index contributed by atoms with van der Waals surface area (Å²) in [6, 6.07) is 7.24. The normalized spacial score (nSPS) is 14.0. The molecule has 0 spiro atoms. The highest BCUT2D eigenvalue weighted by Gasteiger charge is 2.33. The lowest BCUT2D eigenvalue weighted by Crippen LogP contribution is -2.39. The van der Waals surface area contributed by atoms with Crippen LogP contribution in [0.25, 0.3) is 0 Å². The molecule has 0 saturated carbocycles. The van der Waals surface area contributed by atoms with Gasteiger partial charge in [-0.15, -0.1) is 0 Å². The molecule has 0 aliphatic rings. The Morgan fingerprint density at radius 1 is 1.12 bits per heavy atom. The van der Waals surface area contributed by atoms with Crippen LogP contribution in [0.4, 0.5) is 4.39 Å². The molecule has 1 unspecified atom stereocenters. The van der Waals surface area contributed by atoms with Crippen molar-refractivity contribution in [3.8, 4) is 0 Å². The van der Waals surface area contributed by atoms with E-state index in [4.69, 9.17) is 4.42 Å². The minimum absolute atomic E-state index is 0.0841. The summed E-state index contributed by atoms with van der Waals surface area (Å²) in [4.78, 5) is -0.130. The molecule has 1 heterocycles. The van der Waals surface area contributed by atoms with Gasteiger partial charge in [0.05, 0.1) is 11.2 Å². The molecule has 1 aromatic carbocycles. The van der Waals surface area contributed by atoms with E-state index in [1.54, 1.807) is 0 Å². The summed E-state index contributed by atoms with van der Waals surface area (Å²) in [5.41, 5.74) is 0. The van der Waals surface area contributed by atoms with Crippen molar-refractivity contribution in [1.82, 2.24) is 9.03 Å². The van der Waals surface area contributed by atoms with E-state index < -0.39 is 37.7 Å². The van der Waals surface area contributed by atoms with Crippen LogP contribution in [-0.2, 0) is 20.0 Å². The van der Waals surface area contributed by atoms with Gasteiger partial charge in [-0.3, -0.25) is 0 Å². The Bertz CT molecular complexity index is 876. The van der Waals surface area contributed by atoms with Crippen LogP contribution < -0.4 is 4.72 Å². The van der Waals surface area contributed by atoms with E-state index in [2.05, 4.69) is 4.72 Å². The zero-order chi connectivity index (χ0) is 18.0. The quantitative estimate of drug-likeness (QED) is 0.736. The predicted octanol–water partition coefficient (Wildman–Crippen LogP) is 1.33. The summed E-state index contributed by atoms with van der Waals surface area (Å²) in [6.07, 6.45) is 1.29. The second-order valence-electron chi connectivity index (χ2n) is 5.14. The van der Waals surface area contributed by atoms with Gasteiger partial charge in [0.15, 0.2) is 9.84 Å². The van der Waals surface area contributed by atoms with Crippen LogP contribution >= 0.6 is 0 Å². The molecule has 2 rings (SSSR count). The van der Waals surface area contributed by atoms with Crippen LogP contribution in [-0.4, -0.2) is 41.8 Å². The number of sulfone groups is 1. The first kappa shape index (κ1) is 18.6. The third kappa shape index (κ3) is 4.01. The summed E-state index contributed by atoms with van der Waals surface area (Å²) in [5.74, 6) is -0.488. The van der Waals surface area contributed by atoms with Crippen molar-refractivity contribution in [2.24, 2.45) is 0 Å². The number of nitrogens with one attached hydrogen (secondary N) is 1. The van der Waals surface area contributed by atoms with E-state index in [9.17, 15) is 21.2 Å². The van der Waals surface area contributed by atoms with Gasteiger partial charge in [0.1, 0.15) is 16.8 Å². The van der Waals surface area contributed by atoms with E-state index in [0.717, 1.165) is 28.6 Å². The second kappa shape index (κ2) is 7.01. The minimum atomic E-state index is -3.99. The number of furan rings is 1. The Kier molecular flexibility index (Phi) is 5.43. The van der Waals surface area contributed by atoms with Crippen LogP contribution in [0, 0.1) is 5.82 Å². The number of halogens is 1. The van der Waals surface area contributed by atoms with Gasteiger partial charge in [-0.2, -0.15) is 12.7 Å². The fraction of sp³-hybridized carbons (Fsp3) is 0.286. The van der Waals surface area contributed by atoms with E-state index >= 15 is 0 Å². The number of nitrogens with zero attached hydrogens (tertiary/aromatic N) is 1. The molecule has 0 saturated heterocycles. The van der Waals surface area contributed by atoms with Crippen LogP contribution in [0.2, 0.25) is 0 Å². The predicted molar refractivity (Wildman–Crippen MR) is 85.6 cm³/mol. The molecule has 2 aromatic rings. The van der Waals surface area contributed by atoms with Gasteiger partial charge in [0, 0.05) is 20.6 Å². The maximum absolute atomic E-state index is 13.0. The lowest BCUT2D eigenvalue weighted by atomic mass is 10.3. The van der Waals surface area contributed by atoms with Gasteiger partial charge in [-0.25, -0.2) is 17.5 Å². The maximum atomic E-state index is 13.0. The highest BCUT2D eigenvalue weighted by Crippen LogP contribution is 2.29. The lowest BCUT2D eigenvalue weighted by Gasteiger charge is -2.18. The van der Waals surface area contributed by atoms with Crippen LogP contribution in [0.1, 0.15) is 11.0 Å². The fourth-order valence-electron chi connectivity index (χ4n) is 1.94. The first-order valence-corrected chi connectivity index (χ1v) is 9.83. The molecule has 0 amide bonds. The van der Waals surface area contributed by atoms with Crippen molar-refractivity contribution >= 4 is 20.0 Å². The largest absolute Gasteiger partial charge is 0.468 e. The molecule has 0 fully saturated rings. The van der Waals surface area contributed by atoms with Gasteiger partial charge < -0.3 is 4.42 Å². The molecule has 7 nitrogen and oxygen atoms in total. The molecule has 1 atom stereocenters. The SMILES string of the molecule is CN(C)S(=O)(=O)NCC(c1ccco1)S(=O)(=O)c1ccc(F)cc1. The zero-order valence-electron chi connectivity index (χ0n) is 13.0. The fourth-order valence-corrected chi connectivity index (χ4v) is 4.26. The third-order valence-electron chi connectivity index (χ3n) is 3.31. The van der Waals surface area contributed by atoms with Gasteiger partial charge in [0.2, 0.25) is 0 Å². The molecule has 10 heteroatoms. The molecular weight excluding hydrogens is 359 g/mol. The van der Waals surface area contributed by atoms with Gasteiger partial charge in [0.25, 0.3) is 10.2 Å². The van der Waals surface area contributed by atoms with Crippen molar-refractivity contribution in [3.05, 3.63) is 54.2 Å². The summed E-state index contributed by atoms with van der Waals surface area (Å²) >= 11 is 0. The summed E-state index contributed by atoms with van der Waals surface area (Å²) in [7, 11) is -5.17. The average molecular weight is 376 g/mol. The smallest absolute Gasteiger partial charge is 0.278 e. The van der Waals surface area contributed by atoms with Crippen LogP contribution in [0.5, 0.6) is 0 Å². The molecule has 0 radical (unpaired) electrons. The van der Waals surface area contributed by atoms with Crippen molar-refractivity contribution in [2.75, 3.05) is 20.6 Å². The van der Waals surface area contributed by atoms with Crippen molar-refractivity contribution in [1.29, 1.82) is 0 Å². The first-order valence-electron chi connectivity index (χ1n) is 6.84. The van der Waals surface area contributed by atoms with Crippen molar-refractivity contribution in [3.63, 3.8) is 0 Å². The van der Waals surface area contributed by atoms with Crippen LogP contribution in [0.15, 0.2) is 52.0 Å². The van der Waals surface area contributed by atoms with E-state index in [-0.39, 0.29) is 10.7 Å². The van der Waals surface area contributed by atoms with Crippen LogP contribution in [0.3, 0.4) is 0 Å². The Hall–Kier alpha value is -1.75. The Morgan fingerprint density at radius 2 is 1.75 bits per heavy atom. The van der Waals surface area contributed by atoms with E-state index in [1.165, 1.54) is 32.5 Å². The van der Waals surface area contributed by atoms with Gasteiger partial charge in [-0.1, -0.05) is 0 Å². The molecule has 1 N–H and O–H groups in total. The highest BCUT2D eigenvalue weighted by molar-refractivity contribution is 7.91. The molecule has 0 aliphatic heterocycles. The number of benzene rings is 1. The Morgan fingerprint density at radius 3 is 2.25 bits per heavy atom. The van der Waals surface area contributed by atoms with Crippen molar-refractivity contribution in [2.45, 2.75) is 10.1 Å². The first-order chi connectivity index (χ1) is 11.1. The maximum Gasteiger partial charge on any atom is 0.278 e. The van der Waals surface area contributed by atoms with Crippen molar-refractivity contribution < 1.29 is 25.6 Å². The molecule has 0 aliphatic carbocycles. The summed E-state index contributed by atoms with van der Waals surface area (Å²) < 4.78 is 70.6. The summed E-state index contributed by atoms with van der Waals surface area (Å²) in [6.45, 7) is -0.423. The van der Waals surface area contributed by atoms with Gasteiger partial charge in [-0.05, 0) is 36.4 Å². The Balaban J connectivity index is 2.38. The topological polar surface area (TPSA) is 96.7 Å². The van der Waals surface area contributed by atoms with Gasteiger partial charge >= 0.3 is 0 Å². The second-order valence-corrected chi connectivity index (χ2v) is 9.24. The monoisotopic (exact) mass is 376 g/mol. The standard InChI is InChI=1S/C14H17FN2O5S2/c1-17(2)24(20,21)16-10-14(13-4-3-9-22-13)23(18,19)12-7-5-11(15)6-8-12/h3-9,14,16H,10H2,1-2H3. The Labute approximate surface area is 140 Å². The van der Waals surface area contributed by atoms with E-state index in [0.29, 0.717) is 0 Å². The molecule has 0 bridgehead atoms. The number of rotatable bonds is 7. The molecule has 24 heavy (non-hydrogen) atoms. The summed E-state index contributed by atoms with van der Waals surface area (Å²) in [5, 5.41) is -1.28. The molecule has 132 valence electrons. The number of hydrogen-bond donors (Lipinski definition) is 1. The zero-order valence-corrected chi connectivity index (χ0v) is 14.6. The molecular formula is C14H17FN2O5S2. The third-order valence-corrected chi connectivity index (χ3v) is 6.88. The lowest BCUT2D eigenvalue weighted by molar-refractivity contribution is 0.477. The minimum Gasteiger partial charge on any atom is -0.468 e.